The molecule has 0 radical (unpaired) electrons. The van der Waals surface area contributed by atoms with E-state index in [1.165, 1.54) is 173 Å². The van der Waals surface area contributed by atoms with E-state index in [2.05, 4.69) is 228 Å². The van der Waals surface area contributed by atoms with Crippen molar-refractivity contribution >= 4 is 43.6 Å². The SMILES string of the molecule is CC.c1ccc2c(c1)-c1ccc(-c3ccc4c(c3)c3ccccc3n4-c3ccc(-c4ccc(-n5c6ccccc6c6cc(-c7ccc8c(c7)C7(CCCC7)c7ccccc7-8)ccc65)cc4)cc3)cc1C21CCCC1. The Bertz CT molecular complexity index is 3930. The summed E-state index contributed by atoms with van der Waals surface area (Å²) in [6.07, 6.45) is 10.2. The molecule has 2 fully saturated rings. The molecule has 4 aliphatic rings. The third-order valence-corrected chi connectivity index (χ3v) is 18.0. The van der Waals surface area contributed by atoms with E-state index in [0.29, 0.717) is 0 Å². The summed E-state index contributed by atoms with van der Waals surface area (Å²) in [5.74, 6) is 0. The van der Waals surface area contributed by atoms with Gasteiger partial charge in [-0.05, 0) is 176 Å². The van der Waals surface area contributed by atoms with E-state index in [9.17, 15) is 0 Å². The van der Waals surface area contributed by atoms with Crippen LogP contribution < -0.4 is 0 Å². The Morgan fingerprint density at radius 2 is 0.595 bits per heavy atom. The minimum Gasteiger partial charge on any atom is -0.309 e. The molecule has 2 heterocycles. The molecule has 12 aromatic rings. The standard InChI is InChI=1S/C70H52N2.C2H6/c1-5-17-61-53(13-1)55-33-25-49(43-63(55)69(61)37-9-10-38-69)47-27-35-67-59(41-47)57-15-3-7-19-65(57)71(67)51-29-21-45(22-30-51)46-23-31-52(32-24-46)72-66-20-8-4-16-58(66)60-42-48(28-36-68(60)72)50-26-34-56-54-14-2-6-18-62(54)70(64(56)44-50)39-11-12-40-70;1-2/h1-8,13-36,41-44H,9-12,37-40H2;1-2H3. The molecule has 10 aromatic carbocycles. The van der Waals surface area contributed by atoms with E-state index in [-0.39, 0.29) is 10.8 Å². The number of hydrogen-bond acceptors (Lipinski definition) is 0. The van der Waals surface area contributed by atoms with Gasteiger partial charge in [0, 0.05) is 43.7 Å². The van der Waals surface area contributed by atoms with Crippen LogP contribution in [0.5, 0.6) is 0 Å². The van der Waals surface area contributed by atoms with Crippen LogP contribution in [0.1, 0.15) is 87.5 Å². The molecular formula is C72H58N2. The van der Waals surface area contributed by atoms with E-state index < -0.39 is 0 Å². The lowest BCUT2D eigenvalue weighted by molar-refractivity contribution is 0.550. The van der Waals surface area contributed by atoms with E-state index in [1.54, 1.807) is 11.1 Å². The van der Waals surface area contributed by atoms with Gasteiger partial charge in [-0.3, -0.25) is 0 Å². The lowest BCUT2D eigenvalue weighted by atomic mass is 9.76. The van der Waals surface area contributed by atoms with Crippen LogP contribution in [-0.2, 0) is 10.8 Å². The van der Waals surface area contributed by atoms with E-state index in [4.69, 9.17) is 0 Å². The molecule has 0 amide bonds. The molecule has 0 aliphatic heterocycles. The average molecular weight is 951 g/mol. The highest BCUT2D eigenvalue weighted by atomic mass is 15.0. The van der Waals surface area contributed by atoms with Gasteiger partial charge in [0.05, 0.1) is 22.1 Å². The van der Waals surface area contributed by atoms with Crippen LogP contribution in [0.4, 0.5) is 0 Å². The summed E-state index contributed by atoms with van der Waals surface area (Å²) in [5.41, 5.74) is 27.0. The van der Waals surface area contributed by atoms with Crippen molar-refractivity contribution in [3.8, 4) is 67.0 Å². The van der Waals surface area contributed by atoms with E-state index in [1.807, 2.05) is 13.8 Å². The topological polar surface area (TPSA) is 9.86 Å². The Hall–Kier alpha value is -8.20. The first-order valence-corrected chi connectivity index (χ1v) is 27.4. The van der Waals surface area contributed by atoms with Crippen LogP contribution in [0.3, 0.4) is 0 Å². The first kappa shape index (κ1) is 43.4. The second-order valence-electron chi connectivity index (χ2n) is 21.5. The van der Waals surface area contributed by atoms with Crippen LogP contribution in [0.2, 0.25) is 0 Å². The van der Waals surface area contributed by atoms with Crippen LogP contribution in [0, 0.1) is 0 Å². The molecule has 2 nitrogen and oxygen atoms in total. The summed E-state index contributed by atoms with van der Waals surface area (Å²) in [6, 6.07) is 83.3. The maximum atomic E-state index is 2.53. The van der Waals surface area contributed by atoms with Gasteiger partial charge in [0.25, 0.3) is 0 Å². The van der Waals surface area contributed by atoms with Crippen LogP contribution in [0.25, 0.3) is 111 Å². The lowest BCUT2D eigenvalue weighted by Crippen LogP contribution is -2.20. The predicted molar refractivity (Wildman–Crippen MR) is 312 cm³/mol. The quantitative estimate of drug-likeness (QED) is 0.163. The normalized spacial score (nSPS) is 15.5. The van der Waals surface area contributed by atoms with Gasteiger partial charge in [-0.15, -0.1) is 0 Å². The highest BCUT2D eigenvalue weighted by molar-refractivity contribution is 6.12. The van der Waals surface area contributed by atoms with Crippen LogP contribution >= 0.6 is 0 Å². The predicted octanol–water partition coefficient (Wildman–Crippen LogP) is 19.6. The Morgan fingerprint density at radius 1 is 0.270 bits per heavy atom. The number of nitrogens with zero attached hydrogens (tertiary/aromatic N) is 2. The van der Waals surface area contributed by atoms with Crippen LogP contribution in [0.15, 0.2) is 218 Å². The zero-order chi connectivity index (χ0) is 49.1. The van der Waals surface area contributed by atoms with Gasteiger partial charge >= 0.3 is 0 Å². The van der Waals surface area contributed by atoms with Crippen molar-refractivity contribution in [1.29, 1.82) is 0 Å². The molecule has 356 valence electrons. The monoisotopic (exact) mass is 950 g/mol. The van der Waals surface area contributed by atoms with Crippen LogP contribution in [-0.4, -0.2) is 9.13 Å². The van der Waals surface area contributed by atoms with Gasteiger partial charge in [0.2, 0.25) is 0 Å². The van der Waals surface area contributed by atoms with Crippen molar-refractivity contribution in [2.24, 2.45) is 0 Å². The third kappa shape index (κ3) is 6.18. The molecule has 16 rings (SSSR count). The zero-order valence-electron chi connectivity index (χ0n) is 42.3. The van der Waals surface area contributed by atoms with Gasteiger partial charge in [-0.25, -0.2) is 0 Å². The summed E-state index contributed by atoms with van der Waals surface area (Å²) in [5, 5.41) is 5.14. The first-order valence-electron chi connectivity index (χ1n) is 27.4. The van der Waals surface area contributed by atoms with Gasteiger partial charge in [-0.2, -0.15) is 0 Å². The summed E-state index contributed by atoms with van der Waals surface area (Å²) in [4.78, 5) is 0. The van der Waals surface area contributed by atoms with E-state index >= 15 is 0 Å². The summed E-state index contributed by atoms with van der Waals surface area (Å²) >= 11 is 0. The molecule has 2 heteroatoms. The van der Waals surface area contributed by atoms with Gasteiger partial charge in [0.1, 0.15) is 0 Å². The van der Waals surface area contributed by atoms with Gasteiger partial charge in [-0.1, -0.05) is 185 Å². The zero-order valence-corrected chi connectivity index (χ0v) is 42.3. The number of aromatic nitrogens is 2. The van der Waals surface area contributed by atoms with Crippen molar-refractivity contribution in [2.45, 2.75) is 76.0 Å². The maximum absolute atomic E-state index is 2.53. The fraction of sp³-hybridized carbons (Fsp3) is 0.167. The van der Waals surface area contributed by atoms with E-state index in [0.717, 1.165) is 0 Å². The number of benzene rings is 10. The average Bonchev–Trinajstić information content (AvgIpc) is 4.36. The molecule has 0 N–H and O–H groups in total. The summed E-state index contributed by atoms with van der Waals surface area (Å²) < 4.78 is 4.88. The molecule has 0 saturated heterocycles. The molecule has 0 bridgehead atoms. The number of fused-ring (bicyclic) bond motifs is 16. The lowest BCUT2D eigenvalue weighted by Gasteiger charge is -2.27. The highest BCUT2D eigenvalue weighted by Gasteiger charge is 2.46. The Balaban J connectivity index is 0.00000239. The Kier molecular flexibility index (Phi) is 9.77. The van der Waals surface area contributed by atoms with Crippen molar-refractivity contribution in [1.82, 2.24) is 9.13 Å². The molecule has 0 unspecified atom stereocenters. The largest absolute Gasteiger partial charge is 0.309 e. The number of hydrogen-bond donors (Lipinski definition) is 0. The van der Waals surface area contributed by atoms with Crippen molar-refractivity contribution in [3.63, 3.8) is 0 Å². The third-order valence-electron chi connectivity index (χ3n) is 18.0. The van der Waals surface area contributed by atoms with Crippen molar-refractivity contribution < 1.29 is 0 Å². The molecule has 2 saturated carbocycles. The fourth-order valence-electron chi connectivity index (χ4n) is 14.8. The van der Waals surface area contributed by atoms with Crippen molar-refractivity contribution in [3.05, 3.63) is 241 Å². The Morgan fingerprint density at radius 3 is 1.03 bits per heavy atom. The summed E-state index contributed by atoms with van der Waals surface area (Å²) in [7, 11) is 0. The molecule has 0 atom stereocenters. The molecular weight excluding hydrogens is 893 g/mol. The minimum absolute atomic E-state index is 0.158. The summed E-state index contributed by atoms with van der Waals surface area (Å²) in [6.45, 7) is 4.00. The fourth-order valence-corrected chi connectivity index (χ4v) is 14.8. The number of para-hydroxylation sites is 2. The smallest absolute Gasteiger partial charge is 0.0541 e. The molecule has 2 aromatic heterocycles. The number of rotatable bonds is 5. The first-order chi connectivity index (χ1) is 36.6. The molecule has 74 heavy (non-hydrogen) atoms. The van der Waals surface area contributed by atoms with Gasteiger partial charge in [0.15, 0.2) is 0 Å². The molecule has 2 spiro atoms. The van der Waals surface area contributed by atoms with Gasteiger partial charge < -0.3 is 9.13 Å². The Labute approximate surface area is 434 Å². The molecule has 4 aliphatic carbocycles. The second-order valence-corrected chi connectivity index (χ2v) is 21.5. The van der Waals surface area contributed by atoms with Crippen molar-refractivity contribution in [2.75, 3.05) is 0 Å². The highest BCUT2D eigenvalue weighted by Crippen LogP contribution is 2.59. The minimum atomic E-state index is 0.158. The maximum Gasteiger partial charge on any atom is 0.0541 e. The second kappa shape index (κ2) is 16.7.